The highest BCUT2D eigenvalue weighted by molar-refractivity contribution is 7.10. The van der Waals surface area contributed by atoms with Gasteiger partial charge in [0.25, 0.3) is 0 Å². The van der Waals surface area contributed by atoms with E-state index in [4.69, 9.17) is 5.11 Å². The van der Waals surface area contributed by atoms with E-state index in [0.29, 0.717) is 6.42 Å². The zero-order chi connectivity index (χ0) is 14.4. The Kier molecular flexibility index (Phi) is 5.82. The second-order valence-corrected chi connectivity index (χ2v) is 5.28. The average Bonchev–Trinajstić information content (AvgIpc) is 2.89. The predicted octanol–water partition coefficient (Wildman–Crippen LogP) is 2.70. The van der Waals surface area contributed by atoms with Crippen LogP contribution in [0.25, 0.3) is 0 Å². The lowest BCUT2D eigenvalue weighted by Crippen LogP contribution is -2.47. The summed E-state index contributed by atoms with van der Waals surface area (Å²) >= 11 is 1.58. The van der Waals surface area contributed by atoms with Crippen LogP contribution in [0.5, 0.6) is 0 Å². The maximum Gasteiger partial charge on any atom is 0.326 e. The summed E-state index contributed by atoms with van der Waals surface area (Å²) in [5.41, 5.74) is 0. The summed E-state index contributed by atoms with van der Waals surface area (Å²) in [4.78, 5) is 25.4. The zero-order valence-corrected chi connectivity index (χ0v) is 12.2. The molecule has 2 N–H and O–H groups in total. The fourth-order valence-electron chi connectivity index (χ4n) is 1.87. The Morgan fingerprint density at radius 2 is 2.11 bits per heavy atom. The SMILES string of the molecule is CCC(NC(=O)N(C)C(CC)C(=O)O)c1cccs1. The van der Waals surface area contributed by atoms with Gasteiger partial charge in [-0.05, 0) is 24.3 Å². The molecule has 0 saturated carbocycles. The number of carboxylic acid groups (broad SMARTS) is 1. The quantitative estimate of drug-likeness (QED) is 0.844. The molecule has 0 fully saturated rings. The molecule has 0 aliphatic carbocycles. The highest BCUT2D eigenvalue weighted by Crippen LogP contribution is 2.22. The number of hydrogen-bond acceptors (Lipinski definition) is 3. The number of carboxylic acids is 1. The lowest BCUT2D eigenvalue weighted by Gasteiger charge is -2.26. The van der Waals surface area contributed by atoms with Gasteiger partial charge in [0.05, 0.1) is 6.04 Å². The molecule has 1 aromatic rings. The van der Waals surface area contributed by atoms with E-state index in [1.165, 1.54) is 11.9 Å². The number of carbonyl (C=O) groups is 2. The summed E-state index contributed by atoms with van der Waals surface area (Å²) in [7, 11) is 1.51. The standard InChI is InChI=1S/C13H20N2O3S/c1-4-9(11-7-6-8-19-11)14-13(18)15(3)10(5-2)12(16)17/h6-10H,4-5H2,1-3H3,(H,14,18)(H,16,17). The highest BCUT2D eigenvalue weighted by atomic mass is 32.1. The Bertz CT molecular complexity index is 420. The molecule has 0 saturated heterocycles. The zero-order valence-electron chi connectivity index (χ0n) is 11.4. The molecule has 0 bridgehead atoms. The molecule has 1 aromatic heterocycles. The van der Waals surface area contributed by atoms with Gasteiger partial charge in [0.15, 0.2) is 0 Å². The van der Waals surface area contributed by atoms with Gasteiger partial charge in [0, 0.05) is 11.9 Å². The van der Waals surface area contributed by atoms with E-state index in [-0.39, 0.29) is 12.1 Å². The van der Waals surface area contributed by atoms with E-state index in [9.17, 15) is 9.59 Å². The molecule has 2 amide bonds. The van der Waals surface area contributed by atoms with Crippen LogP contribution in [-0.2, 0) is 4.79 Å². The Labute approximate surface area is 117 Å². The maximum absolute atomic E-state index is 12.1. The number of likely N-dealkylation sites (N-methyl/N-ethyl adjacent to an activating group) is 1. The Morgan fingerprint density at radius 1 is 1.42 bits per heavy atom. The highest BCUT2D eigenvalue weighted by Gasteiger charge is 2.26. The first-order valence-electron chi connectivity index (χ1n) is 6.30. The van der Waals surface area contributed by atoms with Gasteiger partial charge in [-0.25, -0.2) is 9.59 Å². The average molecular weight is 284 g/mol. The number of amides is 2. The number of rotatable bonds is 6. The minimum Gasteiger partial charge on any atom is -0.480 e. The van der Waals surface area contributed by atoms with Crippen molar-refractivity contribution in [2.45, 2.75) is 38.8 Å². The first-order chi connectivity index (χ1) is 9.01. The van der Waals surface area contributed by atoms with Crippen molar-refractivity contribution in [3.8, 4) is 0 Å². The molecule has 6 heteroatoms. The van der Waals surface area contributed by atoms with Crippen LogP contribution >= 0.6 is 11.3 Å². The fraction of sp³-hybridized carbons (Fsp3) is 0.538. The van der Waals surface area contributed by atoms with E-state index in [0.717, 1.165) is 11.3 Å². The van der Waals surface area contributed by atoms with Crippen molar-refractivity contribution >= 4 is 23.3 Å². The lowest BCUT2D eigenvalue weighted by molar-refractivity contribution is -0.141. The van der Waals surface area contributed by atoms with E-state index in [1.54, 1.807) is 18.3 Å². The van der Waals surface area contributed by atoms with Crippen LogP contribution in [0.15, 0.2) is 17.5 Å². The van der Waals surface area contributed by atoms with E-state index >= 15 is 0 Å². The van der Waals surface area contributed by atoms with E-state index in [2.05, 4.69) is 5.32 Å². The molecule has 19 heavy (non-hydrogen) atoms. The first-order valence-corrected chi connectivity index (χ1v) is 7.18. The molecule has 1 heterocycles. The smallest absolute Gasteiger partial charge is 0.326 e. The molecule has 2 atom stereocenters. The number of nitrogens with zero attached hydrogens (tertiary/aromatic N) is 1. The number of thiophene rings is 1. The third-order valence-corrected chi connectivity index (χ3v) is 4.04. The molecular formula is C13H20N2O3S. The number of carbonyl (C=O) groups excluding carboxylic acids is 1. The number of urea groups is 1. The molecule has 0 radical (unpaired) electrons. The van der Waals surface area contributed by atoms with Crippen LogP contribution in [0.4, 0.5) is 4.79 Å². The lowest BCUT2D eigenvalue weighted by atomic mass is 10.2. The summed E-state index contributed by atoms with van der Waals surface area (Å²) in [5.74, 6) is -0.982. The van der Waals surface area contributed by atoms with Gasteiger partial charge < -0.3 is 15.3 Å². The fourth-order valence-corrected chi connectivity index (χ4v) is 2.73. The summed E-state index contributed by atoms with van der Waals surface area (Å²) in [6, 6.07) is 2.69. The van der Waals surface area contributed by atoms with E-state index in [1.807, 2.05) is 24.4 Å². The maximum atomic E-state index is 12.1. The monoisotopic (exact) mass is 284 g/mol. The normalized spacial score (nSPS) is 13.6. The van der Waals surface area contributed by atoms with Crippen LogP contribution < -0.4 is 5.32 Å². The minimum atomic E-state index is -0.982. The third kappa shape index (κ3) is 3.96. The van der Waals surface area contributed by atoms with Crippen LogP contribution in [0.1, 0.15) is 37.6 Å². The van der Waals surface area contributed by atoms with Gasteiger partial charge >= 0.3 is 12.0 Å². The van der Waals surface area contributed by atoms with Crippen molar-refractivity contribution in [3.05, 3.63) is 22.4 Å². The number of nitrogens with one attached hydrogen (secondary N) is 1. The van der Waals surface area contributed by atoms with Crippen molar-refractivity contribution in [1.82, 2.24) is 10.2 Å². The summed E-state index contributed by atoms with van der Waals surface area (Å²) < 4.78 is 0. The van der Waals surface area contributed by atoms with Crippen LogP contribution in [0.2, 0.25) is 0 Å². The van der Waals surface area contributed by atoms with Gasteiger partial charge in [-0.2, -0.15) is 0 Å². The molecule has 0 aliphatic heterocycles. The summed E-state index contributed by atoms with van der Waals surface area (Å²) in [5, 5.41) is 13.9. The van der Waals surface area contributed by atoms with Gasteiger partial charge in [-0.1, -0.05) is 19.9 Å². The van der Waals surface area contributed by atoms with Crippen molar-refractivity contribution in [3.63, 3.8) is 0 Å². The Hall–Kier alpha value is -1.56. The van der Waals surface area contributed by atoms with Crippen molar-refractivity contribution in [2.75, 3.05) is 7.05 Å². The molecule has 0 aromatic carbocycles. The molecule has 106 valence electrons. The molecule has 0 spiro atoms. The first kappa shape index (κ1) is 15.5. The summed E-state index contributed by atoms with van der Waals surface area (Å²) in [6.07, 6.45) is 1.15. The third-order valence-electron chi connectivity index (χ3n) is 3.05. The van der Waals surface area contributed by atoms with Crippen LogP contribution in [0.3, 0.4) is 0 Å². The van der Waals surface area contributed by atoms with Crippen molar-refractivity contribution < 1.29 is 14.7 Å². The molecule has 5 nitrogen and oxygen atoms in total. The van der Waals surface area contributed by atoms with Gasteiger partial charge in [0.2, 0.25) is 0 Å². The number of hydrogen-bond donors (Lipinski definition) is 2. The largest absolute Gasteiger partial charge is 0.480 e. The Balaban J connectivity index is 2.70. The number of aliphatic carboxylic acids is 1. The predicted molar refractivity (Wildman–Crippen MR) is 75.4 cm³/mol. The second kappa shape index (κ2) is 7.13. The Morgan fingerprint density at radius 3 is 2.53 bits per heavy atom. The van der Waals surface area contributed by atoms with Gasteiger partial charge in [-0.15, -0.1) is 11.3 Å². The molecule has 2 unspecified atom stereocenters. The van der Waals surface area contributed by atoms with Gasteiger partial charge in [-0.3, -0.25) is 0 Å². The molecule has 1 rings (SSSR count). The van der Waals surface area contributed by atoms with Crippen molar-refractivity contribution in [2.24, 2.45) is 0 Å². The van der Waals surface area contributed by atoms with Crippen LogP contribution in [0, 0.1) is 0 Å². The van der Waals surface area contributed by atoms with Crippen LogP contribution in [-0.4, -0.2) is 35.1 Å². The van der Waals surface area contributed by atoms with E-state index < -0.39 is 12.0 Å². The minimum absolute atomic E-state index is 0.0683. The second-order valence-electron chi connectivity index (χ2n) is 4.30. The summed E-state index contributed by atoms with van der Waals surface area (Å²) in [6.45, 7) is 3.73. The van der Waals surface area contributed by atoms with Crippen molar-refractivity contribution in [1.29, 1.82) is 0 Å². The topological polar surface area (TPSA) is 69.6 Å². The molecular weight excluding hydrogens is 264 g/mol. The van der Waals surface area contributed by atoms with Gasteiger partial charge in [0.1, 0.15) is 6.04 Å². The molecule has 0 aliphatic rings.